The first kappa shape index (κ1) is 16.1. The number of aliphatic hydroxyl groups is 4. The quantitative estimate of drug-likeness (QED) is 0.208. The van der Waals surface area contributed by atoms with E-state index in [4.69, 9.17) is 30.2 Å². The number of aliphatic hydroxyl groups excluding tert-OH is 4. The van der Waals surface area contributed by atoms with Gasteiger partial charge in [0.2, 0.25) is 0 Å². The second-order valence-corrected chi connectivity index (χ2v) is 4.12. The van der Waals surface area contributed by atoms with Crippen molar-refractivity contribution in [3.8, 4) is 0 Å². The van der Waals surface area contributed by atoms with E-state index in [0.717, 1.165) is 0 Å². The Morgan fingerprint density at radius 3 is 1.94 bits per heavy atom. The minimum absolute atomic E-state index is 0.172. The molecule has 0 heterocycles. The van der Waals surface area contributed by atoms with Crippen LogP contribution in [-0.2, 0) is 18.7 Å². The van der Waals surface area contributed by atoms with E-state index in [0.29, 0.717) is 0 Å². The van der Waals surface area contributed by atoms with E-state index in [1.54, 1.807) is 0 Å². The van der Waals surface area contributed by atoms with E-state index < -0.39 is 38.2 Å². The number of phosphoric ester groups is 1. The van der Waals surface area contributed by atoms with Crippen molar-refractivity contribution in [2.45, 2.75) is 24.4 Å². The number of carbonyl (C=O) groups excluding carboxylic acids is 2. The minimum atomic E-state index is -5.21. The summed E-state index contributed by atoms with van der Waals surface area (Å²) in [5.41, 5.74) is 0. The van der Waals surface area contributed by atoms with Gasteiger partial charge in [0.15, 0.2) is 12.4 Å². The van der Waals surface area contributed by atoms with E-state index in [2.05, 4.69) is 4.52 Å². The molecule has 0 saturated carbocycles. The third kappa shape index (κ3) is 5.33. The first-order valence-corrected chi connectivity index (χ1v) is 5.59. The van der Waals surface area contributed by atoms with E-state index in [1.807, 2.05) is 0 Å². The Hall–Kier alpha value is -0.870. The molecular formula is C6H11O10P. The number of rotatable bonds is 6. The predicted octanol–water partition coefficient (Wildman–Crippen LogP) is -3.74. The van der Waals surface area contributed by atoms with Gasteiger partial charge in [-0.1, -0.05) is 0 Å². The molecule has 0 aromatic rings. The molecular weight excluding hydrogens is 263 g/mol. The van der Waals surface area contributed by atoms with Crippen LogP contribution in [0.25, 0.3) is 0 Å². The summed E-state index contributed by atoms with van der Waals surface area (Å²) >= 11 is 0. The average molecular weight is 274 g/mol. The van der Waals surface area contributed by atoms with Gasteiger partial charge in [0.1, 0.15) is 18.3 Å². The van der Waals surface area contributed by atoms with Crippen molar-refractivity contribution in [2.75, 3.05) is 0 Å². The summed E-state index contributed by atoms with van der Waals surface area (Å²) in [5, 5.41) is 35.9. The molecule has 0 bridgehead atoms. The summed E-state index contributed by atoms with van der Waals surface area (Å²) in [6.07, 6.45) is -9.36. The fraction of sp³-hybridized carbons (Fsp3) is 0.667. The highest BCUT2D eigenvalue weighted by Gasteiger charge is 2.37. The number of aldehydes is 1. The van der Waals surface area contributed by atoms with E-state index in [1.165, 1.54) is 0 Å². The second-order valence-electron chi connectivity index (χ2n) is 2.95. The molecule has 100 valence electrons. The van der Waals surface area contributed by atoms with Crippen LogP contribution in [0.4, 0.5) is 0 Å². The van der Waals surface area contributed by atoms with Crippen molar-refractivity contribution >= 4 is 20.1 Å². The molecule has 0 fully saturated rings. The molecule has 17 heavy (non-hydrogen) atoms. The van der Waals surface area contributed by atoms with Crippen molar-refractivity contribution in [1.29, 1.82) is 0 Å². The standard InChI is InChI=1S/C6H11O10P/c7-1-2(8)3(9)4(10)5(11)6(12)16-17(13,14)15/h1-5,8-11H,(H2,13,14,15). The van der Waals surface area contributed by atoms with E-state index in [9.17, 15) is 14.2 Å². The van der Waals surface area contributed by atoms with Gasteiger partial charge in [-0.25, -0.2) is 9.36 Å². The number of carbonyl (C=O) groups is 2. The highest BCUT2D eigenvalue weighted by molar-refractivity contribution is 7.46. The van der Waals surface area contributed by atoms with Gasteiger partial charge in [-0.2, -0.15) is 0 Å². The highest BCUT2D eigenvalue weighted by atomic mass is 31.2. The lowest BCUT2D eigenvalue weighted by molar-refractivity contribution is -0.162. The van der Waals surface area contributed by atoms with Crippen molar-refractivity contribution in [1.82, 2.24) is 0 Å². The molecule has 0 aliphatic heterocycles. The molecule has 0 aromatic carbocycles. The van der Waals surface area contributed by atoms with Gasteiger partial charge in [-0.05, 0) is 0 Å². The lowest BCUT2D eigenvalue weighted by atomic mass is 10.0. The zero-order valence-corrected chi connectivity index (χ0v) is 9.04. The Balaban J connectivity index is 4.59. The maximum absolute atomic E-state index is 10.8. The first-order valence-electron chi connectivity index (χ1n) is 4.06. The number of hydrogen-bond acceptors (Lipinski definition) is 8. The highest BCUT2D eigenvalue weighted by Crippen LogP contribution is 2.36. The van der Waals surface area contributed by atoms with Crippen molar-refractivity contribution < 1.29 is 48.9 Å². The van der Waals surface area contributed by atoms with Crippen molar-refractivity contribution in [3.63, 3.8) is 0 Å². The SMILES string of the molecule is O=CC(O)C(O)C(O)C(O)C(=O)OP(=O)(O)O. The van der Waals surface area contributed by atoms with Crippen LogP contribution in [0.3, 0.4) is 0 Å². The number of phosphoric acid groups is 1. The molecule has 4 unspecified atom stereocenters. The normalized spacial score (nSPS) is 18.9. The van der Waals surface area contributed by atoms with Crippen LogP contribution in [0, 0.1) is 0 Å². The van der Waals surface area contributed by atoms with E-state index in [-0.39, 0.29) is 6.29 Å². The fourth-order valence-corrected chi connectivity index (χ4v) is 1.12. The first-order chi connectivity index (χ1) is 7.60. The third-order valence-corrected chi connectivity index (χ3v) is 2.03. The van der Waals surface area contributed by atoms with E-state index >= 15 is 0 Å². The number of hydrogen-bond donors (Lipinski definition) is 6. The molecule has 10 nitrogen and oxygen atoms in total. The topological polar surface area (TPSA) is 182 Å². The van der Waals surface area contributed by atoms with Gasteiger partial charge in [-0.15, -0.1) is 0 Å². The predicted molar refractivity (Wildman–Crippen MR) is 48.2 cm³/mol. The Bertz CT molecular complexity index is 323. The summed E-state index contributed by atoms with van der Waals surface area (Å²) < 4.78 is 13.6. The molecule has 6 N–H and O–H groups in total. The third-order valence-electron chi connectivity index (χ3n) is 1.61. The zero-order chi connectivity index (χ0) is 13.8. The van der Waals surface area contributed by atoms with Crippen LogP contribution in [0.5, 0.6) is 0 Å². The molecule has 0 aliphatic carbocycles. The van der Waals surface area contributed by atoms with Crippen LogP contribution in [0.15, 0.2) is 0 Å². The fourth-order valence-electron chi connectivity index (χ4n) is 0.780. The Morgan fingerprint density at radius 2 is 1.59 bits per heavy atom. The maximum atomic E-state index is 10.8. The molecule has 11 heteroatoms. The second kappa shape index (κ2) is 6.17. The summed E-state index contributed by atoms with van der Waals surface area (Å²) in [5.74, 6) is -1.91. The summed E-state index contributed by atoms with van der Waals surface area (Å²) in [4.78, 5) is 37.3. The molecule has 0 saturated heterocycles. The summed E-state index contributed by atoms with van der Waals surface area (Å²) in [6.45, 7) is 0. The lowest BCUT2D eigenvalue weighted by Gasteiger charge is -2.22. The minimum Gasteiger partial charge on any atom is -0.387 e. The van der Waals surface area contributed by atoms with Crippen molar-refractivity contribution in [2.24, 2.45) is 0 Å². The van der Waals surface area contributed by atoms with Gasteiger partial charge < -0.3 is 29.7 Å². The van der Waals surface area contributed by atoms with Crippen LogP contribution in [0.2, 0.25) is 0 Å². The van der Waals surface area contributed by atoms with Gasteiger partial charge in [0.25, 0.3) is 0 Å². The molecule has 0 aliphatic rings. The van der Waals surface area contributed by atoms with Gasteiger partial charge >= 0.3 is 13.8 Å². The van der Waals surface area contributed by atoms with Crippen LogP contribution < -0.4 is 0 Å². The summed E-state index contributed by atoms with van der Waals surface area (Å²) in [6, 6.07) is 0. The van der Waals surface area contributed by atoms with Crippen molar-refractivity contribution in [3.05, 3.63) is 0 Å². The monoisotopic (exact) mass is 274 g/mol. The van der Waals surface area contributed by atoms with Crippen LogP contribution in [0.1, 0.15) is 0 Å². The van der Waals surface area contributed by atoms with Crippen LogP contribution >= 0.6 is 7.82 Å². The largest absolute Gasteiger partial charge is 0.527 e. The molecule has 0 aromatic heterocycles. The molecule has 0 spiro atoms. The molecule has 4 atom stereocenters. The Morgan fingerprint density at radius 1 is 1.12 bits per heavy atom. The lowest BCUT2D eigenvalue weighted by Crippen LogP contribution is -2.48. The smallest absolute Gasteiger partial charge is 0.387 e. The zero-order valence-electron chi connectivity index (χ0n) is 8.15. The maximum Gasteiger partial charge on any atom is 0.527 e. The average Bonchev–Trinajstić information content (AvgIpc) is 2.22. The molecule has 0 rings (SSSR count). The van der Waals surface area contributed by atoms with Gasteiger partial charge in [0.05, 0.1) is 0 Å². The van der Waals surface area contributed by atoms with Gasteiger partial charge in [0, 0.05) is 0 Å². The van der Waals surface area contributed by atoms with Gasteiger partial charge in [-0.3, -0.25) is 9.79 Å². The molecule has 0 amide bonds. The summed E-state index contributed by atoms with van der Waals surface area (Å²) in [7, 11) is -5.21. The Labute approximate surface area is 94.3 Å². The van der Waals surface area contributed by atoms with Crippen LogP contribution in [-0.4, -0.2) is 66.9 Å². The Kier molecular flexibility index (Phi) is 5.85. The molecule has 0 radical (unpaired) electrons.